The highest BCUT2D eigenvalue weighted by atomic mass is 19.2. The van der Waals surface area contributed by atoms with E-state index in [-0.39, 0.29) is 17.5 Å². The number of halogens is 2. The zero-order valence-corrected chi connectivity index (χ0v) is 12.6. The van der Waals surface area contributed by atoms with Crippen LogP contribution in [0.15, 0.2) is 41.3 Å². The minimum absolute atomic E-state index is 0.0300. The second-order valence-electron chi connectivity index (χ2n) is 5.36. The number of aromatic carboxylic acids is 1. The van der Waals surface area contributed by atoms with E-state index in [0.717, 1.165) is 12.1 Å². The Morgan fingerprint density at radius 3 is 2.62 bits per heavy atom. The van der Waals surface area contributed by atoms with Crippen molar-refractivity contribution in [3.05, 3.63) is 75.3 Å². The number of rotatable bonds is 3. The molecule has 2 heterocycles. The number of hydrogen-bond donors (Lipinski definition) is 1. The zero-order chi connectivity index (χ0) is 17.4. The quantitative estimate of drug-likeness (QED) is 0.801. The van der Waals surface area contributed by atoms with Crippen molar-refractivity contribution in [2.24, 2.45) is 0 Å². The van der Waals surface area contributed by atoms with Gasteiger partial charge in [-0.2, -0.15) is 0 Å². The van der Waals surface area contributed by atoms with Crippen molar-refractivity contribution in [2.75, 3.05) is 0 Å². The third-order valence-corrected chi connectivity index (χ3v) is 3.71. The van der Waals surface area contributed by atoms with E-state index in [9.17, 15) is 18.4 Å². The van der Waals surface area contributed by atoms with Crippen molar-refractivity contribution in [2.45, 2.75) is 13.5 Å². The first-order valence-electron chi connectivity index (χ1n) is 7.05. The lowest BCUT2D eigenvalue weighted by atomic mass is 10.1. The second-order valence-corrected chi connectivity index (χ2v) is 5.36. The molecule has 0 aliphatic rings. The number of carbonyl (C=O) groups is 1. The van der Waals surface area contributed by atoms with Crippen molar-refractivity contribution in [3.63, 3.8) is 0 Å². The second kappa shape index (κ2) is 5.84. The van der Waals surface area contributed by atoms with Crippen LogP contribution in [-0.2, 0) is 6.54 Å². The van der Waals surface area contributed by atoms with E-state index in [4.69, 9.17) is 5.11 Å². The summed E-state index contributed by atoms with van der Waals surface area (Å²) in [6.45, 7) is 1.58. The third kappa shape index (κ3) is 2.76. The summed E-state index contributed by atoms with van der Waals surface area (Å²) < 4.78 is 27.5. The molecular weight excluding hydrogens is 318 g/mol. The van der Waals surface area contributed by atoms with Crippen molar-refractivity contribution in [3.8, 4) is 0 Å². The Hall–Kier alpha value is -3.09. The monoisotopic (exact) mass is 330 g/mol. The van der Waals surface area contributed by atoms with Gasteiger partial charge in [0, 0.05) is 6.20 Å². The summed E-state index contributed by atoms with van der Waals surface area (Å²) in [6.07, 6.45) is 1.48. The standard InChI is InChI=1S/C17H12F2N2O3/c1-9-11(17(23)24)7-12-15(20-9)4-5-21(16(12)22)8-10-2-3-13(18)14(19)6-10/h2-7H,8H2,1H3,(H,23,24). The van der Waals surface area contributed by atoms with Crippen molar-refractivity contribution >= 4 is 16.9 Å². The molecule has 1 aromatic carbocycles. The fraction of sp³-hybridized carbons (Fsp3) is 0.118. The first kappa shape index (κ1) is 15.8. The summed E-state index contributed by atoms with van der Waals surface area (Å²) in [4.78, 5) is 27.9. The van der Waals surface area contributed by atoms with Crippen LogP contribution in [0.1, 0.15) is 21.6 Å². The van der Waals surface area contributed by atoms with E-state index in [1.54, 1.807) is 13.0 Å². The Balaban J connectivity index is 2.10. The van der Waals surface area contributed by atoms with Crippen molar-refractivity contribution in [1.29, 1.82) is 0 Å². The molecule has 5 nitrogen and oxygen atoms in total. The van der Waals surface area contributed by atoms with Gasteiger partial charge in [-0.1, -0.05) is 6.07 Å². The number of carboxylic acid groups (broad SMARTS) is 1. The molecule has 0 radical (unpaired) electrons. The Kier molecular flexibility index (Phi) is 3.84. The molecule has 1 N–H and O–H groups in total. The topological polar surface area (TPSA) is 72.2 Å². The molecule has 0 bridgehead atoms. The number of aryl methyl sites for hydroxylation is 1. The molecule has 24 heavy (non-hydrogen) atoms. The van der Waals surface area contributed by atoms with Gasteiger partial charge in [0.1, 0.15) is 0 Å². The molecule has 0 saturated carbocycles. The van der Waals surface area contributed by atoms with Gasteiger partial charge >= 0.3 is 5.97 Å². The third-order valence-electron chi connectivity index (χ3n) is 3.71. The Morgan fingerprint density at radius 2 is 1.96 bits per heavy atom. The van der Waals surface area contributed by atoms with Gasteiger partial charge in [-0.15, -0.1) is 0 Å². The average Bonchev–Trinajstić information content (AvgIpc) is 2.53. The van der Waals surface area contributed by atoms with Crippen LogP contribution < -0.4 is 5.56 Å². The Bertz CT molecular complexity index is 1030. The minimum atomic E-state index is -1.17. The van der Waals surface area contributed by atoms with Gasteiger partial charge in [-0.25, -0.2) is 13.6 Å². The van der Waals surface area contributed by atoms with Crippen LogP contribution in [0.2, 0.25) is 0 Å². The lowest BCUT2D eigenvalue weighted by Gasteiger charge is -2.09. The molecule has 0 spiro atoms. The predicted octanol–water partition coefficient (Wildman–Crippen LogP) is 2.73. The molecule has 3 rings (SSSR count). The first-order chi connectivity index (χ1) is 11.4. The van der Waals surface area contributed by atoms with Crippen LogP contribution in [0, 0.1) is 18.6 Å². The molecule has 3 aromatic rings. The van der Waals surface area contributed by atoms with Gasteiger partial charge in [0.25, 0.3) is 5.56 Å². The number of benzene rings is 1. The van der Waals surface area contributed by atoms with Gasteiger partial charge < -0.3 is 9.67 Å². The summed E-state index contributed by atoms with van der Waals surface area (Å²) in [7, 11) is 0. The number of nitrogens with zero attached hydrogens (tertiary/aromatic N) is 2. The van der Waals surface area contributed by atoms with E-state index in [0.29, 0.717) is 16.8 Å². The molecule has 7 heteroatoms. The molecule has 122 valence electrons. The lowest BCUT2D eigenvalue weighted by molar-refractivity contribution is 0.0696. The van der Waals surface area contributed by atoms with Gasteiger partial charge in [-0.3, -0.25) is 9.78 Å². The van der Waals surface area contributed by atoms with Crippen LogP contribution in [0.4, 0.5) is 8.78 Å². The Morgan fingerprint density at radius 1 is 1.21 bits per heavy atom. The van der Waals surface area contributed by atoms with E-state index >= 15 is 0 Å². The van der Waals surface area contributed by atoms with E-state index in [1.807, 2.05) is 0 Å². The molecule has 0 saturated heterocycles. The SMILES string of the molecule is Cc1nc2ccn(Cc3ccc(F)c(F)c3)c(=O)c2cc1C(=O)O. The molecule has 0 amide bonds. The van der Waals surface area contributed by atoms with Crippen LogP contribution in [0.5, 0.6) is 0 Å². The smallest absolute Gasteiger partial charge is 0.337 e. The average molecular weight is 330 g/mol. The lowest BCUT2D eigenvalue weighted by Crippen LogP contribution is -2.21. The van der Waals surface area contributed by atoms with E-state index < -0.39 is 23.2 Å². The maximum absolute atomic E-state index is 13.3. The number of aromatic nitrogens is 2. The molecule has 2 aromatic heterocycles. The van der Waals surface area contributed by atoms with Gasteiger partial charge in [0.05, 0.1) is 28.7 Å². The number of pyridine rings is 2. The van der Waals surface area contributed by atoms with Gasteiger partial charge in [0.2, 0.25) is 0 Å². The molecule has 0 fully saturated rings. The maximum Gasteiger partial charge on any atom is 0.337 e. The number of fused-ring (bicyclic) bond motifs is 1. The fourth-order valence-electron chi connectivity index (χ4n) is 2.48. The maximum atomic E-state index is 13.3. The van der Waals surface area contributed by atoms with Crippen LogP contribution in [0.25, 0.3) is 10.9 Å². The highest BCUT2D eigenvalue weighted by molar-refractivity contribution is 5.93. The summed E-state index contributed by atoms with van der Waals surface area (Å²) in [6, 6.07) is 6.25. The summed E-state index contributed by atoms with van der Waals surface area (Å²) >= 11 is 0. The van der Waals surface area contributed by atoms with Crippen molar-refractivity contribution < 1.29 is 18.7 Å². The van der Waals surface area contributed by atoms with Crippen LogP contribution >= 0.6 is 0 Å². The van der Waals surface area contributed by atoms with Crippen LogP contribution in [-0.4, -0.2) is 20.6 Å². The van der Waals surface area contributed by atoms with Gasteiger partial charge in [0.15, 0.2) is 11.6 Å². The molecule has 0 aliphatic carbocycles. The first-order valence-corrected chi connectivity index (χ1v) is 7.05. The van der Waals surface area contributed by atoms with E-state index in [1.165, 1.54) is 22.9 Å². The highest BCUT2D eigenvalue weighted by Crippen LogP contribution is 2.14. The fourth-order valence-corrected chi connectivity index (χ4v) is 2.48. The molecular formula is C17H12F2N2O3. The zero-order valence-electron chi connectivity index (χ0n) is 12.6. The van der Waals surface area contributed by atoms with Crippen LogP contribution in [0.3, 0.4) is 0 Å². The largest absolute Gasteiger partial charge is 0.478 e. The predicted molar refractivity (Wildman–Crippen MR) is 83.2 cm³/mol. The normalized spacial score (nSPS) is 11.0. The van der Waals surface area contributed by atoms with E-state index in [2.05, 4.69) is 4.98 Å². The Labute approximate surface area is 134 Å². The molecule has 0 atom stereocenters. The van der Waals surface area contributed by atoms with Crippen molar-refractivity contribution in [1.82, 2.24) is 9.55 Å². The minimum Gasteiger partial charge on any atom is -0.478 e. The summed E-state index contributed by atoms with van der Waals surface area (Å²) in [5, 5.41) is 9.31. The summed E-state index contributed by atoms with van der Waals surface area (Å²) in [5.74, 6) is -3.13. The molecule has 0 aliphatic heterocycles. The molecule has 0 unspecified atom stereocenters. The van der Waals surface area contributed by atoms with Gasteiger partial charge in [-0.05, 0) is 36.8 Å². The number of hydrogen-bond acceptors (Lipinski definition) is 3. The highest BCUT2D eigenvalue weighted by Gasteiger charge is 2.13. The number of carboxylic acids is 1. The summed E-state index contributed by atoms with van der Waals surface area (Å²) in [5.41, 5.74) is 0.600.